The van der Waals surface area contributed by atoms with E-state index >= 15 is 0 Å². The normalized spacial score (nSPS) is 42.0. The van der Waals surface area contributed by atoms with Crippen molar-refractivity contribution in [1.29, 1.82) is 0 Å². The van der Waals surface area contributed by atoms with Crippen molar-refractivity contribution in [3.05, 3.63) is 53.6 Å². The second kappa shape index (κ2) is 13.8. The Labute approximate surface area is 314 Å². The molecule has 0 aromatic heterocycles. The molecule has 8 aliphatic carbocycles. The van der Waals surface area contributed by atoms with E-state index in [1.807, 2.05) is 41.5 Å². The predicted molar refractivity (Wildman–Crippen MR) is 213 cm³/mol. The average Bonchev–Trinajstić information content (AvgIpc) is 3.86. The van der Waals surface area contributed by atoms with E-state index in [9.17, 15) is 0 Å². The largest absolute Gasteiger partial charge is 2.00 e. The van der Waals surface area contributed by atoms with Gasteiger partial charge in [0.05, 0.1) is 8.07 Å². The van der Waals surface area contributed by atoms with Crippen LogP contribution in [0.3, 0.4) is 0 Å². The van der Waals surface area contributed by atoms with Gasteiger partial charge < -0.3 is 10.6 Å². The monoisotopic (exact) mass is 756 g/mol. The van der Waals surface area contributed by atoms with E-state index in [1.54, 1.807) is 82.2 Å². The average molecular weight is 757 g/mol. The van der Waals surface area contributed by atoms with Gasteiger partial charge in [0.1, 0.15) is 0 Å². The summed E-state index contributed by atoms with van der Waals surface area (Å²) < 4.78 is 0. The summed E-state index contributed by atoms with van der Waals surface area (Å²) in [5.41, 5.74) is 3.71. The van der Waals surface area contributed by atoms with E-state index in [-0.39, 0.29) is 30.1 Å². The zero-order chi connectivity index (χ0) is 32.7. The SMILES string of the molecule is C[Si](C)(C)c1cc(CP(C23CC4CC(CC(C4)C2)C3)C23CC4CC(CC(C4)C2)C3)c(C(P)(C2CCNC2)C2CCNC2)[cH-]1.[Fe+2].c1cc[cH-]c1. The van der Waals surface area contributed by atoms with Crippen LogP contribution in [0.5, 0.6) is 0 Å². The van der Waals surface area contributed by atoms with Gasteiger partial charge in [-0.3, -0.25) is 0 Å². The van der Waals surface area contributed by atoms with E-state index in [1.165, 1.54) is 45.2 Å². The van der Waals surface area contributed by atoms with E-state index in [0.29, 0.717) is 0 Å². The molecule has 12 rings (SSSR count). The van der Waals surface area contributed by atoms with Gasteiger partial charge in [-0.1, -0.05) is 25.8 Å². The molecule has 3 atom stereocenters. The minimum Gasteiger partial charge on any atom is -0.316 e. The van der Waals surface area contributed by atoms with Gasteiger partial charge in [0.25, 0.3) is 0 Å². The van der Waals surface area contributed by atoms with Crippen LogP contribution in [0.1, 0.15) is 101 Å². The third-order valence-corrected chi connectivity index (χ3v) is 23.1. The molecule has 3 unspecified atom stereocenters. The molecule has 6 heteroatoms. The third-order valence-electron chi connectivity index (χ3n) is 15.8. The van der Waals surface area contributed by atoms with Crippen LogP contribution in [0, 0.1) is 47.3 Å². The first-order valence-electron chi connectivity index (χ1n) is 20.6. The maximum absolute atomic E-state index is 3.83. The smallest absolute Gasteiger partial charge is 0.316 e. The van der Waals surface area contributed by atoms with Crippen LogP contribution in [0.15, 0.2) is 42.5 Å². The van der Waals surface area contributed by atoms with Crippen LogP contribution < -0.4 is 15.8 Å². The van der Waals surface area contributed by atoms with Crippen molar-refractivity contribution < 1.29 is 17.1 Å². The quantitative estimate of drug-likeness (QED) is 0.159. The summed E-state index contributed by atoms with van der Waals surface area (Å²) in [5.74, 6) is 7.99. The summed E-state index contributed by atoms with van der Waals surface area (Å²) in [6.07, 6.45) is 23.6. The van der Waals surface area contributed by atoms with Crippen molar-refractivity contribution in [3.63, 3.8) is 0 Å². The second-order valence-corrected chi connectivity index (χ2v) is 29.2. The Morgan fingerprint density at radius 2 is 1.18 bits per heavy atom. The predicted octanol–water partition coefficient (Wildman–Crippen LogP) is 9.56. The van der Waals surface area contributed by atoms with Crippen molar-refractivity contribution in [2.45, 2.75) is 131 Å². The summed E-state index contributed by atoms with van der Waals surface area (Å²) in [7, 11) is 2.20. The van der Waals surface area contributed by atoms with Crippen molar-refractivity contribution in [2.24, 2.45) is 47.3 Å². The summed E-state index contributed by atoms with van der Waals surface area (Å²) in [5, 5.41) is 11.1. The Morgan fingerprint density at radius 1 is 0.755 bits per heavy atom. The number of rotatable bonds is 8. The first-order valence-corrected chi connectivity index (χ1v) is 26.2. The van der Waals surface area contributed by atoms with Gasteiger partial charge in [-0.25, -0.2) is 18.2 Å². The summed E-state index contributed by atoms with van der Waals surface area (Å²) in [6, 6.07) is 15.7. The van der Waals surface area contributed by atoms with Gasteiger partial charge in [0.15, 0.2) is 0 Å². The molecule has 8 bridgehead atoms. The molecular formula is C43H66FeN2P2Si. The fraction of sp³-hybridized carbons (Fsp3) is 0.767. The van der Waals surface area contributed by atoms with Crippen molar-refractivity contribution in [1.82, 2.24) is 10.6 Å². The Morgan fingerprint density at radius 3 is 1.51 bits per heavy atom. The molecule has 8 saturated carbocycles. The molecule has 270 valence electrons. The van der Waals surface area contributed by atoms with E-state index < -0.39 is 8.07 Å². The number of nitrogens with one attached hydrogen (secondary N) is 2. The molecular weight excluding hydrogens is 690 g/mol. The molecule has 0 spiro atoms. The van der Waals surface area contributed by atoms with Crippen molar-refractivity contribution in [3.8, 4) is 0 Å². The van der Waals surface area contributed by atoms with E-state index in [0.717, 1.165) is 57.7 Å². The van der Waals surface area contributed by atoms with Gasteiger partial charge >= 0.3 is 17.1 Å². The van der Waals surface area contributed by atoms with Crippen molar-refractivity contribution in [2.75, 3.05) is 26.2 Å². The Hall–Kier alpha value is 0.216. The molecule has 2 N–H and O–H groups in total. The minimum absolute atomic E-state index is 0. The van der Waals surface area contributed by atoms with Crippen molar-refractivity contribution >= 4 is 30.4 Å². The van der Waals surface area contributed by atoms with Crippen LogP contribution in [-0.2, 0) is 28.4 Å². The van der Waals surface area contributed by atoms with Gasteiger partial charge in [0.2, 0.25) is 0 Å². The molecule has 10 fully saturated rings. The van der Waals surface area contributed by atoms with Crippen LogP contribution in [-0.4, -0.2) is 44.6 Å². The maximum atomic E-state index is 3.83. The first kappa shape index (κ1) is 36.2. The maximum Gasteiger partial charge on any atom is 2.00 e. The molecule has 10 aliphatic rings. The van der Waals surface area contributed by atoms with Gasteiger partial charge in [-0.2, -0.15) is 40.6 Å². The van der Waals surface area contributed by atoms with Crippen LogP contribution in [0.2, 0.25) is 19.6 Å². The van der Waals surface area contributed by atoms with E-state index in [2.05, 4.69) is 51.6 Å². The summed E-state index contributed by atoms with van der Waals surface area (Å²) >= 11 is 0. The second-order valence-electron chi connectivity index (χ2n) is 20.1. The third kappa shape index (κ3) is 6.57. The molecule has 2 aliphatic heterocycles. The summed E-state index contributed by atoms with van der Waals surface area (Å²) in [4.78, 5) is 0. The zero-order valence-corrected chi connectivity index (χ0v) is 35.1. The molecule has 2 nitrogen and oxygen atoms in total. The zero-order valence-electron chi connectivity index (χ0n) is 31.0. The molecule has 0 amide bonds. The fourth-order valence-corrected chi connectivity index (χ4v) is 21.7. The molecule has 2 saturated heterocycles. The Kier molecular flexibility index (Phi) is 10.2. The molecule has 2 aromatic rings. The summed E-state index contributed by atoms with van der Waals surface area (Å²) in [6.45, 7) is 12.7. The van der Waals surface area contributed by atoms with Gasteiger partial charge in [-0.05, 0) is 179 Å². The Balaban J connectivity index is 0.000000536. The molecule has 2 heterocycles. The molecule has 49 heavy (non-hydrogen) atoms. The van der Waals surface area contributed by atoms with Crippen LogP contribution >= 0.6 is 17.2 Å². The fourth-order valence-electron chi connectivity index (χ4n) is 14.5. The Bertz CT molecular complexity index is 1270. The van der Waals surface area contributed by atoms with E-state index in [4.69, 9.17) is 0 Å². The molecule has 2 aromatic carbocycles. The van der Waals surface area contributed by atoms with Crippen LogP contribution in [0.4, 0.5) is 0 Å². The number of hydrogen-bond acceptors (Lipinski definition) is 2. The van der Waals surface area contributed by atoms with Crippen LogP contribution in [0.25, 0.3) is 0 Å². The first-order chi connectivity index (χ1) is 23.1. The van der Waals surface area contributed by atoms with Gasteiger partial charge in [-0.15, -0.1) is 17.2 Å². The number of hydrogen-bond donors (Lipinski definition) is 2. The standard InChI is InChI=1S/C38H61N2P2Si.C5H5.Fe/c1-43(2,3)34-14-31(35(15-34)38(41,32-4-6-39-22-32)33-5-7-40-23-33)24-42(36-16-25-8-26(17-36)10-27(9-25)18-36)37-19-28-11-29(20-37)13-30(12-28)21-37;1-2-4-5-3-1;/h14-15,25-30,32-33,39-40H,4-13,16-24,41H2,1-3H3;1-5H;/q2*-1;+2. The van der Waals surface area contributed by atoms with Gasteiger partial charge in [0, 0.05) is 0 Å². The molecule has 0 radical (unpaired) electrons. The topological polar surface area (TPSA) is 24.1 Å². The minimum atomic E-state index is -1.43.